The highest BCUT2D eigenvalue weighted by atomic mass is 79.9. The van der Waals surface area contributed by atoms with E-state index >= 15 is 0 Å². The molecule has 0 atom stereocenters. The van der Waals surface area contributed by atoms with Crippen molar-refractivity contribution in [2.45, 2.75) is 19.9 Å². The second-order valence-corrected chi connectivity index (χ2v) is 6.45. The maximum Gasteiger partial charge on any atom is 0.260 e. The molecule has 114 valence electrons. The fraction of sp³-hybridized carbons (Fsp3) is 0.278. The van der Waals surface area contributed by atoms with Crippen LogP contribution in [0.15, 0.2) is 46.9 Å². The molecule has 0 N–H and O–H groups in total. The van der Waals surface area contributed by atoms with Crippen LogP contribution in [0.5, 0.6) is 5.75 Å². The van der Waals surface area contributed by atoms with Crippen LogP contribution in [0.25, 0.3) is 0 Å². The molecular weight excluding hydrogens is 342 g/mol. The standard InChI is InChI=1S/C18H18BrNO2/c1-13-10-16(19)6-7-17(13)22-12-18(21)20-9-8-14-4-2-3-5-15(14)11-20/h2-7,10H,8-9,11-12H2,1H3. The minimum Gasteiger partial charge on any atom is -0.483 e. The molecule has 0 unspecified atom stereocenters. The van der Waals surface area contributed by atoms with Crippen molar-refractivity contribution >= 4 is 21.8 Å². The van der Waals surface area contributed by atoms with E-state index in [1.807, 2.05) is 36.1 Å². The third-order valence-corrected chi connectivity index (χ3v) is 4.46. The fourth-order valence-electron chi connectivity index (χ4n) is 2.71. The molecule has 0 aliphatic carbocycles. The largest absolute Gasteiger partial charge is 0.483 e. The van der Waals surface area contributed by atoms with Gasteiger partial charge in [-0.1, -0.05) is 40.2 Å². The number of amides is 1. The van der Waals surface area contributed by atoms with Crippen molar-refractivity contribution in [2.24, 2.45) is 0 Å². The van der Waals surface area contributed by atoms with Crippen LogP contribution in [0, 0.1) is 6.92 Å². The number of nitrogens with zero attached hydrogens (tertiary/aromatic N) is 1. The van der Waals surface area contributed by atoms with E-state index in [4.69, 9.17) is 4.74 Å². The van der Waals surface area contributed by atoms with Crippen LogP contribution in [-0.2, 0) is 17.8 Å². The van der Waals surface area contributed by atoms with Crippen LogP contribution < -0.4 is 4.74 Å². The third kappa shape index (κ3) is 3.33. The smallest absolute Gasteiger partial charge is 0.260 e. The number of rotatable bonds is 3. The predicted molar refractivity (Wildman–Crippen MR) is 89.9 cm³/mol. The van der Waals surface area contributed by atoms with Gasteiger partial charge in [0, 0.05) is 17.6 Å². The molecule has 3 nitrogen and oxygen atoms in total. The molecule has 0 fully saturated rings. The van der Waals surface area contributed by atoms with Crippen molar-refractivity contribution in [1.29, 1.82) is 0 Å². The number of aryl methyl sites for hydroxylation is 1. The molecule has 0 radical (unpaired) electrons. The van der Waals surface area contributed by atoms with Crippen molar-refractivity contribution in [1.82, 2.24) is 4.90 Å². The van der Waals surface area contributed by atoms with Gasteiger partial charge in [0.05, 0.1) is 0 Å². The Balaban J connectivity index is 1.61. The van der Waals surface area contributed by atoms with E-state index in [9.17, 15) is 4.79 Å². The molecule has 22 heavy (non-hydrogen) atoms. The molecule has 2 aromatic carbocycles. The lowest BCUT2D eigenvalue weighted by Crippen LogP contribution is -2.38. The Bertz CT molecular complexity index is 699. The quantitative estimate of drug-likeness (QED) is 0.835. The number of halogens is 1. The Hall–Kier alpha value is -1.81. The van der Waals surface area contributed by atoms with E-state index in [0.717, 1.165) is 28.8 Å². The van der Waals surface area contributed by atoms with Crippen LogP contribution in [0.2, 0.25) is 0 Å². The number of carbonyl (C=O) groups excluding carboxylic acids is 1. The normalized spacial score (nSPS) is 13.6. The van der Waals surface area contributed by atoms with Gasteiger partial charge in [0.2, 0.25) is 0 Å². The van der Waals surface area contributed by atoms with Gasteiger partial charge < -0.3 is 9.64 Å². The van der Waals surface area contributed by atoms with Gasteiger partial charge in [0.15, 0.2) is 6.61 Å². The van der Waals surface area contributed by atoms with Crippen molar-refractivity contribution in [3.63, 3.8) is 0 Å². The van der Waals surface area contributed by atoms with Gasteiger partial charge in [-0.25, -0.2) is 0 Å². The number of hydrogen-bond acceptors (Lipinski definition) is 2. The molecule has 1 amide bonds. The van der Waals surface area contributed by atoms with E-state index in [-0.39, 0.29) is 12.5 Å². The average molecular weight is 360 g/mol. The highest BCUT2D eigenvalue weighted by Gasteiger charge is 2.20. The summed E-state index contributed by atoms with van der Waals surface area (Å²) in [6.07, 6.45) is 0.916. The summed E-state index contributed by atoms with van der Waals surface area (Å²) in [6.45, 7) is 3.50. The minimum atomic E-state index is 0.0387. The van der Waals surface area contributed by atoms with Crippen LogP contribution in [0.3, 0.4) is 0 Å². The summed E-state index contributed by atoms with van der Waals surface area (Å²) in [7, 11) is 0. The van der Waals surface area contributed by atoms with Gasteiger partial charge >= 0.3 is 0 Å². The molecule has 1 heterocycles. The lowest BCUT2D eigenvalue weighted by Gasteiger charge is -2.28. The molecule has 0 spiro atoms. The van der Waals surface area contributed by atoms with E-state index in [1.54, 1.807) is 0 Å². The van der Waals surface area contributed by atoms with Crippen molar-refractivity contribution in [2.75, 3.05) is 13.2 Å². The molecule has 2 aromatic rings. The fourth-order valence-corrected chi connectivity index (χ4v) is 3.19. The molecule has 0 saturated carbocycles. The third-order valence-electron chi connectivity index (χ3n) is 3.97. The van der Waals surface area contributed by atoms with Crippen LogP contribution in [0.4, 0.5) is 0 Å². The van der Waals surface area contributed by atoms with Crippen LogP contribution in [-0.4, -0.2) is 24.0 Å². The number of ether oxygens (including phenoxy) is 1. The Morgan fingerprint density at radius 3 is 2.77 bits per heavy atom. The topological polar surface area (TPSA) is 29.5 Å². The highest BCUT2D eigenvalue weighted by Crippen LogP contribution is 2.23. The molecule has 1 aliphatic rings. The van der Waals surface area contributed by atoms with Crippen LogP contribution >= 0.6 is 15.9 Å². The highest BCUT2D eigenvalue weighted by molar-refractivity contribution is 9.10. The number of benzene rings is 2. The van der Waals surface area contributed by atoms with E-state index < -0.39 is 0 Å². The molecule has 3 rings (SSSR count). The van der Waals surface area contributed by atoms with Gasteiger partial charge in [-0.15, -0.1) is 0 Å². The maximum absolute atomic E-state index is 12.4. The first-order valence-corrected chi connectivity index (χ1v) is 8.16. The first kappa shape index (κ1) is 15.1. The van der Waals surface area contributed by atoms with Gasteiger partial charge in [-0.3, -0.25) is 4.79 Å². The molecular formula is C18H18BrNO2. The Labute approximate surface area is 139 Å². The lowest BCUT2D eigenvalue weighted by atomic mass is 10.00. The van der Waals surface area contributed by atoms with E-state index in [1.165, 1.54) is 11.1 Å². The van der Waals surface area contributed by atoms with Crippen molar-refractivity contribution in [3.8, 4) is 5.75 Å². The summed E-state index contributed by atoms with van der Waals surface area (Å²) < 4.78 is 6.69. The summed E-state index contributed by atoms with van der Waals surface area (Å²) in [5, 5.41) is 0. The van der Waals surface area contributed by atoms with Crippen LogP contribution in [0.1, 0.15) is 16.7 Å². The first-order valence-electron chi connectivity index (χ1n) is 7.37. The molecule has 0 bridgehead atoms. The minimum absolute atomic E-state index is 0.0387. The maximum atomic E-state index is 12.4. The predicted octanol–water partition coefficient (Wildman–Crippen LogP) is 3.72. The summed E-state index contributed by atoms with van der Waals surface area (Å²) in [5.74, 6) is 0.797. The second kappa shape index (κ2) is 6.53. The average Bonchev–Trinajstić information content (AvgIpc) is 2.53. The Morgan fingerprint density at radius 2 is 2.00 bits per heavy atom. The summed E-state index contributed by atoms with van der Waals surface area (Å²) in [4.78, 5) is 14.2. The van der Waals surface area contributed by atoms with E-state index in [0.29, 0.717) is 6.54 Å². The summed E-state index contributed by atoms with van der Waals surface area (Å²) in [5.41, 5.74) is 3.60. The monoisotopic (exact) mass is 359 g/mol. The second-order valence-electron chi connectivity index (χ2n) is 5.53. The lowest BCUT2D eigenvalue weighted by molar-refractivity contribution is -0.134. The Kier molecular flexibility index (Phi) is 4.48. The zero-order valence-electron chi connectivity index (χ0n) is 12.5. The summed E-state index contributed by atoms with van der Waals surface area (Å²) >= 11 is 3.42. The van der Waals surface area contributed by atoms with Gasteiger partial charge in [-0.05, 0) is 48.2 Å². The molecule has 1 aliphatic heterocycles. The zero-order chi connectivity index (χ0) is 15.5. The van der Waals surface area contributed by atoms with Crippen molar-refractivity contribution < 1.29 is 9.53 Å². The number of hydrogen-bond donors (Lipinski definition) is 0. The first-order chi connectivity index (χ1) is 10.6. The van der Waals surface area contributed by atoms with Gasteiger partial charge in [0.25, 0.3) is 5.91 Å². The van der Waals surface area contributed by atoms with Gasteiger partial charge in [-0.2, -0.15) is 0 Å². The zero-order valence-corrected chi connectivity index (χ0v) is 14.1. The Morgan fingerprint density at radius 1 is 1.23 bits per heavy atom. The summed E-state index contributed by atoms with van der Waals surface area (Å²) in [6, 6.07) is 14.1. The number of carbonyl (C=O) groups is 1. The van der Waals surface area contributed by atoms with E-state index in [2.05, 4.69) is 34.1 Å². The molecule has 0 saturated heterocycles. The van der Waals surface area contributed by atoms with Gasteiger partial charge in [0.1, 0.15) is 5.75 Å². The SMILES string of the molecule is Cc1cc(Br)ccc1OCC(=O)N1CCc2ccccc2C1. The molecule has 0 aromatic heterocycles. The number of fused-ring (bicyclic) bond motifs is 1. The van der Waals surface area contributed by atoms with Crippen molar-refractivity contribution in [3.05, 3.63) is 63.6 Å². The molecule has 4 heteroatoms.